The molecule has 0 spiro atoms. The number of nitrogens with one attached hydrogen (secondary N) is 2. The number of rotatable bonds is 10. The maximum absolute atomic E-state index is 12.9. The molecule has 0 aliphatic heterocycles. The molecule has 0 atom stereocenters. The van der Waals surface area contributed by atoms with Crippen molar-refractivity contribution >= 4 is 28.7 Å². The highest BCUT2D eigenvalue weighted by Gasteiger charge is 2.18. The Morgan fingerprint density at radius 1 is 1.06 bits per heavy atom. The minimum Gasteiger partial charge on any atom is -0.496 e. The van der Waals surface area contributed by atoms with Crippen LogP contribution in [0.25, 0.3) is 10.9 Å². The van der Waals surface area contributed by atoms with E-state index in [1.165, 1.54) is 38.9 Å². The average Bonchev–Trinajstić information content (AvgIpc) is 3.53. The predicted octanol–water partition coefficient (Wildman–Crippen LogP) is 4.00. The number of hydrogen-bond donors (Lipinski definition) is 3. The Bertz CT molecular complexity index is 1270. The van der Waals surface area contributed by atoms with Gasteiger partial charge in [-0.25, -0.2) is 4.79 Å². The van der Waals surface area contributed by atoms with Gasteiger partial charge in [-0.15, -0.1) is 0 Å². The molecule has 3 N–H and O–H groups in total. The smallest absolute Gasteiger partial charge is 0.335 e. The topological polar surface area (TPSA) is 110 Å². The van der Waals surface area contributed by atoms with Gasteiger partial charge in [-0.3, -0.25) is 9.59 Å². The molecule has 0 unspecified atom stereocenters. The van der Waals surface area contributed by atoms with E-state index in [0.717, 1.165) is 22.0 Å². The lowest BCUT2D eigenvalue weighted by Gasteiger charge is -2.13. The van der Waals surface area contributed by atoms with Gasteiger partial charge in [0.05, 0.1) is 19.2 Å². The highest BCUT2D eigenvalue weighted by Crippen LogP contribution is 2.28. The Kier molecular flexibility index (Phi) is 7.93. The van der Waals surface area contributed by atoms with Gasteiger partial charge in [0, 0.05) is 48.2 Å². The number of carboxylic acids is 1. The SMILES string of the molecule is CNC(=O)CCc1cn(Cc2ccc(C(=O)O)cc2OC)c2cc(C(=O)NCC3CCCC3)ccc12. The molecule has 8 heteroatoms. The monoisotopic (exact) mass is 491 g/mol. The molecule has 36 heavy (non-hydrogen) atoms. The Morgan fingerprint density at radius 2 is 1.81 bits per heavy atom. The zero-order valence-electron chi connectivity index (χ0n) is 20.8. The predicted molar refractivity (Wildman–Crippen MR) is 138 cm³/mol. The number of carbonyl (C=O) groups is 3. The summed E-state index contributed by atoms with van der Waals surface area (Å²) in [6.45, 7) is 1.12. The summed E-state index contributed by atoms with van der Waals surface area (Å²) in [5.74, 6) is -0.110. The minimum absolute atomic E-state index is 0.0373. The van der Waals surface area contributed by atoms with Crippen LogP contribution in [-0.2, 0) is 17.8 Å². The van der Waals surface area contributed by atoms with Gasteiger partial charge in [-0.05, 0) is 55.0 Å². The summed E-state index contributed by atoms with van der Waals surface area (Å²) in [7, 11) is 3.13. The van der Waals surface area contributed by atoms with Crippen LogP contribution in [0, 0.1) is 5.92 Å². The lowest BCUT2D eigenvalue weighted by atomic mass is 10.1. The number of amides is 2. The van der Waals surface area contributed by atoms with Crippen molar-refractivity contribution in [2.75, 3.05) is 20.7 Å². The molecule has 3 aromatic rings. The molecule has 1 aromatic heterocycles. The third kappa shape index (κ3) is 5.70. The normalized spacial score (nSPS) is 13.6. The van der Waals surface area contributed by atoms with Crippen LogP contribution < -0.4 is 15.4 Å². The second kappa shape index (κ2) is 11.3. The first-order chi connectivity index (χ1) is 17.4. The highest BCUT2D eigenvalue weighted by atomic mass is 16.5. The van der Waals surface area contributed by atoms with Crippen LogP contribution in [0.2, 0.25) is 0 Å². The van der Waals surface area contributed by atoms with Crippen LogP contribution in [0.15, 0.2) is 42.6 Å². The van der Waals surface area contributed by atoms with Crippen LogP contribution in [0.4, 0.5) is 0 Å². The third-order valence-electron chi connectivity index (χ3n) is 7.03. The maximum Gasteiger partial charge on any atom is 0.335 e. The average molecular weight is 492 g/mol. The fourth-order valence-corrected chi connectivity index (χ4v) is 4.96. The van der Waals surface area contributed by atoms with Gasteiger partial charge < -0.3 is 25.0 Å². The fourth-order valence-electron chi connectivity index (χ4n) is 4.96. The molecule has 0 radical (unpaired) electrons. The van der Waals surface area contributed by atoms with E-state index in [1.807, 2.05) is 29.0 Å². The first-order valence-electron chi connectivity index (χ1n) is 12.4. The second-order valence-electron chi connectivity index (χ2n) is 9.38. The number of ether oxygens (including phenoxy) is 1. The molecule has 1 saturated carbocycles. The van der Waals surface area contributed by atoms with Crippen molar-refractivity contribution in [3.05, 3.63) is 64.8 Å². The fraction of sp³-hybridized carbons (Fsp3) is 0.393. The van der Waals surface area contributed by atoms with Crippen LogP contribution >= 0.6 is 0 Å². The molecule has 0 bridgehead atoms. The zero-order valence-corrected chi connectivity index (χ0v) is 20.8. The molecule has 2 amide bonds. The van der Waals surface area contributed by atoms with Crippen molar-refractivity contribution in [1.82, 2.24) is 15.2 Å². The number of carboxylic acid groups (broad SMARTS) is 1. The number of nitrogens with zero attached hydrogens (tertiary/aromatic N) is 1. The van der Waals surface area contributed by atoms with Crippen molar-refractivity contribution in [2.24, 2.45) is 5.92 Å². The van der Waals surface area contributed by atoms with E-state index >= 15 is 0 Å². The molecule has 1 heterocycles. The Morgan fingerprint density at radius 3 is 2.50 bits per heavy atom. The van der Waals surface area contributed by atoms with Crippen molar-refractivity contribution in [1.29, 1.82) is 0 Å². The summed E-state index contributed by atoms with van der Waals surface area (Å²) >= 11 is 0. The Hall–Kier alpha value is -3.81. The summed E-state index contributed by atoms with van der Waals surface area (Å²) in [6.07, 6.45) is 7.71. The summed E-state index contributed by atoms with van der Waals surface area (Å²) in [4.78, 5) is 36.2. The number of aryl methyl sites for hydroxylation is 1. The number of carbonyl (C=O) groups excluding carboxylic acids is 2. The molecule has 8 nitrogen and oxygen atoms in total. The summed E-state index contributed by atoms with van der Waals surface area (Å²) in [5, 5.41) is 16.0. The lowest BCUT2D eigenvalue weighted by molar-refractivity contribution is -0.120. The summed E-state index contributed by atoms with van der Waals surface area (Å²) < 4.78 is 7.50. The van der Waals surface area contributed by atoms with Crippen molar-refractivity contribution < 1.29 is 24.2 Å². The number of methoxy groups -OCH3 is 1. The van der Waals surface area contributed by atoms with Gasteiger partial charge in [0.1, 0.15) is 5.75 Å². The van der Waals surface area contributed by atoms with Gasteiger partial charge >= 0.3 is 5.97 Å². The molecule has 4 rings (SSSR count). The highest BCUT2D eigenvalue weighted by molar-refractivity contribution is 5.99. The van der Waals surface area contributed by atoms with E-state index in [0.29, 0.717) is 43.2 Å². The Balaban J connectivity index is 1.66. The standard InChI is InChI=1S/C28H33N3O5/c1-29-26(32)12-10-21-16-31(17-22-8-7-20(28(34)35)14-25(22)36-2)24-13-19(9-11-23(21)24)27(33)30-15-18-5-3-4-6-18/h7-9,11,13-14,16,18H,3-6,10,12,15,17H2,1-2H3,(H,29,32)(H,30,33)(H,34,35). The van der Waals surface area contributed by atoms with Crippen LogP contribution in [-0.4, -0.2) is 48.2 Å². The number of aromatic nitrogens is 1. The summed E-state index contributed by atoms with van der Waals surface area (Å²) in [6, 6.07) is 10.5. The van der Waals surface area contributed by atoms with Crippen LogP contribution in [0.1, 0.15) is 63.9 Å². The number of benzene rings is 2. The lowest BCUT2D eigenvalue weighted by Crippen LogP contribution is -2.28. The van der Waals surface area contributed by atoms with Crippen molar-refractivity contribution in [2.45, 2.75) is 45.1 Å². The first kappa shape index (κ1) is 25.3. The third-order valence-corrected chi connectivity index (χ3v) is 7.03. The van der Waals surface area contributed by atoms with E-state index in [2.05, 4.69) is 10.6 Å². The van der Waals surface area contributed by atoms with Gasteiger partial charge in [-0.1, -0.05) is 25.0 Å². The summed E-state index contributed by atoms with van der Waals surface area (Å²) in [5.41, 5.74) is 3.44. The minimum atomic E-state index is -1.02. The molecule has 1 aliphatic rings. The van der Waals surface area contributed by atoms with Gasteiger partial charge in [0.15, 0.2) is 0 Å². The van der Waals surface area contributed by atoms with Crippen LogP contribution in [0.3, 0.4) is 0 Å². The van der Waals surface area contributed by atoms with Crippen molar-refractivity contribution in [3.63, 3.8) is 0 Å². The zero-order chi connectivity index (χ0) is 25.7. The largest absolute Gasteiger partial charge is 0.496 e. The molecule has 190 valence electrons. The maximum atomic E-state index is 12.9. The molecular formula is C28H33N3O5. The molecule has 1 aliphatic carbocycles. The van der Waals surface area contributed by atoms with E-state index in [4.69, 9.17) is 4.74 Å². The van der Waals surface area contributed by atoms with Gasteiger partial charge in [0.2, 0.25) is 5.91 Å². The van der Waals surface area contributed by atoms with Crippen molar-refractivity contribution in [3.8, 4) is 5.75 Å². The molecule has 2 aromatic carbocycles. The first-order valence-corrected chi connectivity index (χ1v) is 12.4. The Labute approximate surface area is 210 Å². The molecule has 1 fully saturated rings. The van der Waals surface area contributed by atoms with Gasteiger partial charge in [0.25, 0.3) is 5.91 Å². The second-order valence-corrected chi connectivity index (χ2v) is 9.38. The van der Waals surface area contributed by atoms with E-state index in [9.17, 15) is 19.5 Å². The molecule has 0 saturated heterocycles. The van der Waals surface area contributed by atoms with E-state index in [-0.39, 0.29) is 17.4 Å². The number of hydrogen-bond acceptors (Lipinski definition) is 4. The number of fused-ring (bicyclic) bond motifs is 1. The quantitative estimate of drug-likeness (QED) is 0.397. The van der Waals surface area contributed by atoms with Crippen LogP contribution in [0.5, 0.6) is 5.75 Å². The number of aromatic carboxylic acids is 1. The van der Waals surface area contributed by atoms with E-state index < -0.39 is 5.97 Å². The van der Waals surface area contributed by atoms with Gasteiger partial charge in [-0.2, -0.15) is 0 Å². The van der Waals surface area contributed by atoms with E-state index in [1.54, 1.807) is 19.2 Å². The molecular weight excluding hydrogens is 458 g/mol.